The van der Waals surface area contributed by atoms with Gasteiger partial charge in [0.1, 0.15) is 0 Å². The molecule has 0 bridgehead atoms. The first-order chi connectivity index (χ1) is 13.3. The maximum atomic E-state index is 13.0. The third kappa shape index (κ3) is 4.33. The van der Waals surface area contributed by atoms with Gasteiger partial charge >= 0.3 is 12.2 Å². The van der Waals surface area contributed by atoms with Gasteiger partial charge in [-0.2, -0.15) is 23.4 Å². The summed E-state index contributed by atoms with van der Waals surface area (Å²) < 4.78 is 41.7. The molecule has 3 rings (SSSR count). The van der Waals surface area contributed by atoms with Crippen molar-refractivity contribution in [1.82, 2.24) is 30.2 Å². The van der Waals surface area contributed by atoms with E-state index in [-0.39, 0.29) is 18.8 Å². The molecule has 2 heterocycles. The average Bonchev–Trinajstić information content (AvgIpc) is 3.24. The zero-order chi connectivity index (χ0) is 20.3. The van der Waals surface area contributed by atoms with Crippen LogP contribution >= 0.6 is 0 Å². The first kappa shape index (κ1) is 19.5. The minimum atomic E-state index is -4.53. The molecular weight excluding hydrogens is 373 g/mol. The molecule has 0 spiro atoms. The summed E-state index contributed by atoms with van der Waals surface area (Å²) in [6.07, 6.45) is -1.96. The van der Waals surface area contributed by atoms with E-state index in [9.17, 15) is 18.0 Å². The van der Waals surface area contributed by atoms with E-state index < -0.39 is 17.8 Å². The number of carbonyl (C=O) groups excluding carboxylic acids is 1. The van der Waals surface area contributed by atoms with Crippen molar-refractivity contribution in [3.05, 3.63) is 65.2 Å². The molecule has 2 aromatic heterocycles. The Kier molecular flexibility index (Phi) is 5.39. The van der Waals surface area contributed by atoms with Crippen molar-refractivity contribution in [2.45, 2.75) is 26.2 Å². The van der Waals surface area contributed by atoms with Crippen LogP contribution in [0.5, 0.6) is 0 Å². The van der Waals surface area contributed by atoms with Gasteiger partial charge in [0, 0.05) is 19.8 Å². The smallest absolute Gasteiger partial charge is 0.334 e. The van der Waals surface area contributed by atoms with Crippen LogP contribution in [-0.4, -0.2) is 25.6 Å². The Morgan fingerprint density at radius 1 is 1.14 bits per heavy atom. The Morgan fingerprint density at radius 2 is 1.86 bits per heavy atom. The number of aryl methyl sites for hydroxylation is 2. The molecule has 3 aromatic rings. The number of halogens is 3. The minimum Gasteiger partial charge on any atom is -0.334 e. The van der Waals surface area contributed by atoms with Crippen LogP contribution in [0, 0.1) is 6.92 Å². The Bertz CT molecular complexity index is 976. The Morgan fingerprint density at radius 3 is 2.54 bits per heavy atom. The topological polar surface area (TPSA) is 76.8 Å². The second-order valence-corrected chi connectivity index (χ2v) is 6.19. The fourth-order valence-electron chi connectivity index (χ4n) is 2.74. The fourth-order valence-corrected chi connectivity index (χ4v) is 2.74. The Balaban J connectivity index is 1.63. The lowest BCUT2D eigenvalue weighted by atomic mass is 10.2. The predicted molar refractivity (Wildman–Crippen MR) is 95.6 cm³/mol. The summed E-state index contributed by atoms with van der Waals surface area (Å²) in [5, 5.41) is 13.1. The van der Waals surface area contributed by atoms with Crippen LogP contribution in [0.15, 0.2) is 42.7 Å². The third-order valence-corrected chi connectivity index (χ3v) is 4.18. The van der Waals surface area contributed by atoms with E-state index in [4.69, 9.17) is 0 Å². The Labute approximate surface area is 159 Å². The summed E-state index contributed by atoms with van der Waals surface area (Å²) in [7, 11) is 1.40. The van der Waals surface area contributed by atoms with Crippen LogP contribution in [0.1, 0.15) is 22.5 Å². The average molecular weight is 392 g/mol. The molecule has 0 aliphatic rings. The lowest BCUT2D eigenvalue weighted by Crippen LogP contribution is -2.35. The van der Waals surface area contributed by atoms with Crippen LogP contribution in [0.25, 0.3) is 5.69 Å². The van der Waals surface area contributed by atoms with Crippen LogP contribution in [0.2, 0.25) is 0 Å². The van der Waals surface area contributed by atoms with Gasteiger partial charge in [-0.15, -0.1) is 0 Å². The van der Waals surface area contributed by atoms with E-state index in [1.54, 1.807) is 4.68 Å². The molecule has 0 radical (unpaired) electrons. The molecule has 0 saturated heterocycles. The van der Waals surface area contributed by atoms with Gasteiger partial charge in [0.25, 0.3) is 0 Å². The van der Waals surface area contributed by atoms with Crippen LogP contribution in [-0.2, 0) is 26.3 Å². The van der Waals surface area contributed by atoms with Crippen LogP contribution in [0.3, 0.4) is 0 Å². The molecule has 0 atom stereocenters. The fraction of sp³-hybridized carbons (Fsp3) is 0.278. The van der Waals surface area contributed by atoms with Crippen molar-refractivity contribution in [3.8, 4) is 5.69 Å². The van der Waals surface area contributed by atoms with Crippen molar-refractivity contribution in [3.63, 3.8) is 0 Å². The van der Waals surface area contributed by atoms with Gasteiger partial charge in [0.2, 0.25) is 0 Å². The number of para-hydroxylation sites is 1. The van der Waals surface area contributed by atoms with Gasteiger partial charge in [0.05, 0.1) is 35.4 Å². The molecule has 0 saturated carbocycles. The first-order valence-electron chi connectivity index (χ1n) is 8.46. The van der Waals surface area contributed by atoms with E-state index in [1.807, 2.05) is 43.5 Å². The highest BCUT2D eigenvalue weighted by molar-refractivity contribution is 5.74. The number of aromatic nitrogens is 4. The molecule has 2 amide bonds. The summed E-state index contributed by atoms with van der Waals surface area (Å²) >= 11 is 0. The van der Waals surface area contributed by atoms with Crippen LogP contribution in [0.4, 0.5) is 18.0 Å². The molecular formula is C18H19F3N6O. The number of urea groups is 1. The van der Waals surface area contributed by atoms with Gasteiger partial charge in [-0.05, 0) is 24.6 Å². The number of rotatable bonds is 5. The number of nitrogens with one attached hydrogen (secondary N) is 2. The maximum Gasteiger partial charge on any atom is 0.419 e. The highest BCUT2D eigenvalue weighted by Crippen LogP contribution is 2.31. The van der Waals surface area contributed by atoms with E-state index in [2.05, 4.69) is 20.8 Å². The zero-order valence-electron chi connectivity index (χ0n) is 15.3. The number of carbonyl (C=O) groups is 1. The van der Waals surface area contributed by atoms with Crippen molar-refractivity contribution in [1.29, 1.82) is 0 Å². The largest absolute Gasteiger partial charge is 0.419 e. The highest BCUT2D eigenvalue weighted by Gasteiger charge is 2.35. The summed E-state index contributed by atoms with van der Waals surface area (Å²) in [6, 6.07) is 8.68. The quantitative estimate of drug-likeness (QED) is 0.701. The highest BCUT2D eigenvalue weighted by atomic mass is 19.4. The van der Waals surface area contributed by atoms with Gasteiger partial charge < -0.3 is 10.6 Å². The Hall–Kier alpha value is -3.30. The second kappa shape index (κ2) is 7.75. The van der Waals surface area contributed by atoms with Crippen molar-refractivity contribution in [2.75, 3.05) is 0 Å². The first-order valence-corrected chi connectivity index (χ1v) is 8.46. The number of alkyl halides is 3. The lowest BCUT2D eigenvalue weighted by Gasteiger charge is -2.13. The lowest BCUT2D eigenvalue weighted by molar-refractivity contribution is -0.138. The predicted octanol–water partition coefficient (Wildman–Crippen LogP) is 2.93. The molecule has 2 N–H and O–H groups in total. The van der Waals surface area contributed by atoms with E-state index >= 15 is 0 Å². The maximum absolute atomic E-state index is 13.0. The number of hydrogen-bond donors (Lipinski definition) is 2. The number of benzene rings is 1. The minimum absolute atomic E-state index is 0.116. The molecule has 0 aliphatic heterocycles. The van der Waals surface area contributed by atoms with Crippen molar-refractivity contribution in [2.24, 2.45) is 7.05 Å². The van der Waals surface area contributed by atoms with E-state index in [0.717, 1.165) is 27.8 Å². The second-order valence-electron chi connectivity index (χ2n) is 6.19. The molecule has 7 nitrogen and oxygen atoms in total. The molecule has 0 aliphatic carbocycles. The standard InChI is InChI=1S/C18H19F3N6O/c1-12-7-8-27(25-12)15-6-4-3-5-13(15)9-22-17(28)23-11-16-14(18(19,20)21)10-24-26(16)2/h3-8,10H,9,11H2,1-2H3,(H2,22,23,28). The zero-order valence-corrected chi connectivity index (χ0v) is 15.3. The summed E-state index contributed by atoms with van der Waals surface area (Å²) in [5.41, 5.74) is 1.50. The molecule has 1 aromatic carbocycles. The molecule has 0 fully saturated rings. The molecule has 10 heteroatoms. The summed E-state index contributed by atoms with van der Waals surface area (Å²) in [4.78, 5) is 12.1. The van der Waals surface area contributed by atoms with Crippen molar-refractivity contribution < 1.29 is 18.0 Å². The molecule has 0 unspecified atom stereocenters. The monoisotopic (exact) mass is 392 g/mol. The molecule has 148 valence electrons. The van der Waals surface area contributed by atoms with Gasteiger partial charge in [-0.3, -0.25) is 4.68 Å². The van der Waals surface area contributed by atoms with E-state index in [0.29, 0.717) is 0 Å². The van der Waals surface area contributed by atoms with Gasteiger partial charge in [0.15, 0.2) is 0 Å². The van der Waals surface area contributed by atoms with Crippen LogP contribution < -0.4 is 10.6 Å². The SMILES string of the molecule is Cc1ccn(-c2ccccc2CNC(=O)NCc2c(C(F)(F)F)cnn2C)n1. The molecule has 28 heavy (non-hydrogen) atoms. The van der Waals surface area contributed by atoms with E-state index in [1.165, 1.54) is 7.05 Å². The number of nitrogens with zero attached hydrogens (tertiary/aromatic N) is 4. The third-order valence-electron chi connectivity index (χ3n) is 4.18. The van der Waals surface area contributed by atoms with Gasteiger partial charge in [-0.25, -0.2) is 9.48 Å². The summed E-state index contributed by atoms with van der Waals surface area (Å²) in [5.74, 6) is 0. The van der Waals surface area contributed by atoms with Crippen molar-refractivity contribution >= 4 is 6.03 Å². The number of hydrogen-bond acceptors (Lipinski definition) is 3. The van der Waals surface area contributed by atoms with Gasteiger partial charge in [-0.1, -0.05) is 18.2 Å². The normalized spacial score (nSPS) is 11.5. The summed E-state index contributed by atoms with van der Waals surface area (Å²) in [6.45, 7) is 1.77. The number of amides is 2.